The number of nitrogens with two attached hydrogens (primary N) is 1. The first-order valence-electron chi connectivity index (χ1n) is 6.88. The van der Waals surface area contributed by atoms with Gasteiger partial charge in [-0.05, 0) is 43.5 Å². The van der Waals surface area contributed by atoms with Crippen LogP contribution in [0.4, 0.5) is 17.2 Å². The molecule has 1 atom stereocenters. The predicted molar refractivity (Wildman–Crippen MR) is 81.6 cm³/mol. The lowest BCUT2D eigenvalue weighted by atomic mass is 9.96. The maximum atomic E-state index is 5.85. The highest BCUT2D eigenvalue weighted by Gasteiger charge is 2.25. The van der Waals surface area contributed by atoms with Crippen LogP contribution in [0.5, 0.6) is 5.88 Å². The van der Waals surface area contributed by atoms with Crippen molar-refractivity contribution in [2.24, 2.45) is 0 Å². The number of nitrogens with zero attached hydrogens (tertiary/aromatic N) is 2. The van der Waals surface area contributed by atoms with Crippen LogP contribution in [0.15, 0.2) is 36.4 Å². The van der Waals surface area contributed by atoms with Gasteiger partial charge in [0.25, 0.3) is 0 Å². The van der Waals surface area contributed by atoms with Crippen molar-refractivity contribution in [3.63, 3.8) is 0 Å². The number of methoxy groups -OCH3 is 1. The van der Waals surface area contributed by atoms with E-state index in [-0.39, 0.29) is 0 Å². The van der Waals surface area contributed by atoms with E-state index in [0.29, 0.717) is 17.6 Å². The van der Waals surface area contributed by atoms with Crippen LogP contribution in [0.1, 0.15) is 18.9 Å². The smallest absolute Gasteiger partial charge is 0.238 e. The molecule has 0 aliphatic carbocycles. The predicted octanol–water partition coefficient (Wildman–Crippen LogP) is 3.15. The fourth-order valence-electron chi connectivity index (χ4n) is 2.78. The molecule has 104 valence electrons. The molecule has 0 saturated carbocycles. The van der Waals surface area contributed by atoms with E-state index in [9.17, 15) is 0 Å². The summed E-state index contributed by atoms with van der Waals surface area (Å²) in [6.07, 6.45) is 2.23. The number of rotatable bonds is 2. The number of nitrogen functional groups attached to an aromatic ring is 1. The Hall–Kier alpha value is -2.23. The van der Waals surface area contributed by atoms with E-state index in [4.69, 9.17) is 10.5 Å². The molecular weight excluding hydrogens is 250 g/mol. The van der Waals surface area contributed by atoms with Gasteiger partial charge in [-0.15, -0.1) is 0 Å². The van der Waals surface area contributed by atoms with Crippen molar-refractivity contribution in [3.8, 4) is 5.88 Å². The highest BCUT2D eigenvalue weighted by Crippen LogP contribution is 2.37. The number of benzene rings is 1. The molecule has 0 saturated heterocycles. The Balaban J connectivity index is 2.09. The zero-order valence-electron chi connectivity index (χ0n) is 11.8. The third-order valence-electron chi connectivity index (χ3n) is 3.84. The van der Waals surface area contributed by atoms with Gasteiger partial charge < -0.3 is 15.4 Å². The minimum atomic E-state index is 0.408. The van der Waals surface area contributed by atoms with Crippen LogP contribution in [0.3, 0.4) is 0 Å². The van der Waals surface area contributed by atoms with Gasteiger partial charge in [-0.3, -0.25) is 0 Å². The van der Waals surface area contributed by atoms with Gasteiger partial charge in [0.15, 0.2) is 0 Å². The second kappa shape index (κ2) is 5.04. The lowest BCUT2D eigenvalue weighted by Crippen LogP contribution is -2.33. The van der Waals surface area contributed by atoms with Crippen LogP contribution in [0, 0.1) is 0 Å². The Bertz CT molecular complexity index is 627. The average Bonchev–Trinajstić information content (AvgIpc) is 2.48. The second-order valence-corrected chi connectivity index (χ2v) is 5.15. The third kappa shape index (κ3) is 2.07. The summed E-state index contributed by atoms with van der Waals surface area (Å²) < 4.78 is 5.24. The van der Waals surface area contributed by atoms with Crippen LogP contribution in [-0.4, -0.2) is 18.1 Å². The largest absolute Gasteiger partial charge is 0.479 e. The maximum Gasteiger partial charge on any atom is 0.238 e. The van der Waals surface area contributed by atoms with Gasteiger partial charge in [-0.25, -0.2) is 0 Å². The lowest BCUT2D eigenvalue weighted by Gasteiger charge is -2.36. The highest BCUT2D eigenvalue weighted by atomic mass is 16.5. The number of hydrogen-bond donors (Lipinski definition) is 1. The third-order valence-corrected chi connectivity index (χ3v) is 3.84. The quantitative estimate of drug-likeness (QED) is 0.910. The molecule has 1 unspecified atom stereocenters. The number of pyridine rings is 1. The Morgan fingerprint density at radius 3 is 2.85 bits per heavy atom. The van der Waals surface area contributed by atoms with Crippen LogP contribution in [0.25, 0.3) is 0 Å². The Labute approximate surface area is 119 Å². The van der Waals surface area contributed by atoms with E-state index in [0.717, 1.165) is 18.7 Å². The molecule has 1 aromatic heterocycles. The number of anilines is 3. The topological polar surface area (TPSA) is 51.4 Å². The van der Waals surface area contributed by atoms with Crippen molar-refractivity contribution in [1.82, 2.24) is 4.98 Å². The molecule has 0 amide bonds. The standard InChI is InChI=1S/C16H19N3O/c1-11-7-8-12-5-3-4-6-14(12)19(11)15-10-9-13(17)16(18-15)20-2/h3-6,9-11H,7-8,17H2,1-2H3. The second-order valence-electron chi connectivity index (χ2n) is 5.15. The lowest BCUT2D eigenvalue weighted by molar-refractivity contribution is 0.400. The fraction of sp³-hybridized carbons (Fsp3) is 0.312. The number of aryl methyl sites for hydroxylation is 1. The van der Waals surface area contributed by atoms with E-state index in [1.807, 2.05) is 12.1 Å². The van der Waals surface area contributed by atoms with Crippen molar-refractivity contribution >= 4 is 17.2 Å². The summed E-state index contributed by atoms with van der Waals surface area (Å²) in [5.74, 6) is 1.37. The molecule has 2 aromatic rings. The average molecular weight is 269 g/mol. The molecule has 0 bridgehead atoms. The summed E-state index contributed by atoms with van der Waals surface area (Å²) in [6, 6.07) is 12.7. The van der Waals surface area contributed by atoms with Gasteiger partial charge in [0.2, 0.25) is 5.88 Å². The number of fused-ring (bicyclic) bond motifs is 1. The Morgan fingerprint density at radius 1 is 1.25 bits per heavy atom. The number of aromatic nitrogens is 1. The van der Waals surface area contributed by atoms with Crippen molar-refractivity contribution in [2.45, 2.75) is 25.8 Å². The summed E-state index contributed by atoms with van der Waals surface area (Å²) in [5, 5.41) is 0. The summed E-state index contributed by atoms with van der Waals surface area (Å²) in [5.41, 5.74) is 9.01. The van der Waals surface area contributed by atoms with Gasteiger partial charge in [0, 0.05) is 11.7 Å². The number of hydrogen-bond acceptors (Lipinski definition) is 4. The molecule has 3 rings (SSSR count). The minimum absolute atomic E-state index is 0.408. The summed E-state index contributed by atoms with van der Waals surface area (Å²) in [7, 11) is 1.59. The number of para-hydroxylation sites is 1. The van der Waals surface area contributed by atoms with Crippen molar-refractivity contribution < 1.29 is 4.74 Å². The molecule has 2 heterocycles. The number of ether oxygens (including phenoxy) is 1. The first-order chi connectivity index (χ1) is 9.70. The van der Waals surface area contributed by atoms with Crippen molar-refractivity contribution in [1.29, 1.82) is 0 Å². The molecular formula is C16H19N3O. The Kier molecular flexibility index (Phi) is 3.22. The van der Waals surface area contributed by atoms with Crippen molar-refractivity contribution in [3.05, 3.63) is 42.0 Å². The van der Waals surface area contributed by atoms with E-state index >= 15 is 0 Å². The fourth-order valence-corrected chi connectivity index (χ4v) is 2.78. The maximum absolute atomic E-state index is 5.85. The molecule has 4 heteroatoms. The van der Waals surface area contributed by atoms with E-state index in [1.54, 1.807) is 7.11 Å². The van der Waals surface area contributed by atoms with Gasteiger partial charge in [-0.1, -0.05) is 18.2 Å². The Morgan fingerprint density at radius 2 is 2.05 bits per heavy atom. The summed E-state index contributed by atoms with van der Waals surface area (Å²) in [4.78, 5) is 6.81. The molecule has 1 aliphatic heterocycles. The highest BCUT2D eigenvalue weighted by molar-refractivity contribution is 5.68. The summed E-state index contributed by atoms with van der Waals surface area (Å²) in [6.45, 7) is 2.22. The molecule has 4 nitrogen and oxygen atoms in total. The van der Waals surface area contributed by atoms with Gasteiger partial charge in [0.05, 0.1) is 12.8 Å². The molecule has 0 spiro atoms. The van der Waals surface area contributed by atoms with Crippen LogP contribution < -0.4 is 15.4 Å². The van der Waals surface area contributed by atoms with Crippen LogP contribution >= 0.6 is 0 Å². The molecule has 0 radical (unpaired) electrons. The zero-order valence-corrected chi connectivity index (χ0v) is 11.8. The molecule has 1 aromatic carbocycles. The van der Waals surface area contributed by atoms with Gasteiger partial charge >= 0.3 is 0 Å². The summed E-state index contributed by atoms with van der Waals surface area (Å²) >= 11 is 0. The zero-order chi connectivity index (χ0) is 14.1. The van der Waals surface area contributed by atoms with Gasteiger partial charge in [0.1, 0.15) is 5.82 Å². The molecule has 2 N–H and O–H groups in total. The minimum Gasteiger partial charge on any atom is -0.479 e. The normalized spacial score (nSPS) is 17.7. The van der Waals surface area contributed by atoms with E-state index in [1.165, 1.54) is 11.3 Å². The van der Waals surface area contributed by atoms with Crippen LogP contribution in [0.2, 0.25) is 0 Å². The monoisotopic (exact) mass is 269 g/mol. The first kappa shape index (κ1) is 12.8. The van der Waals surface area contributed by atoms with Gasteiger partial charge in [-0.2, -0.15) is 4.98 Å². The van der Waals surface area contributed by atoms with Crippen LogP contribution in [-0.2, 0) is 6.42 Å². The van der Waals surface area contributed by atoms with E-state index < -0.39 is 0 Å². The SMILES string of the molecule is COc1nc(N2c3ccccc3CCC2C)ccc1N. The van der Waals surface area contributed by atoms with E-state index in [2.05, 4.69) is 41.1 Å². The molecule has 20 heavy (non-hydrogen) atoms. The molecule has 0 fully saturated rings. The van der Waals surface area contributed by atoms with Crippen molar-refractivity contribution in [2.75, 3.05) is 17.7 Å². The molecule has 1 aliphatic rings. The first-order valence-corrected chi connectivity index (χ1v) is 6.88.